The maximum absolute atomic E-state index is 13.4. The van der Waals surface area contributed by atoms with Crippen LogP contribution in [0.3, 0.4) is 0 Å². The van der Waals surface area contributed by atoms with E-state index in [0.29, 0.717) is 12.4 Å². The van der Waals surface area contributed by atoms with Gasteiger partial charge in [0, 0.05) is 32.7 Å². The second-order valence-corrected chi connectivity index (χ2v) is 10.8. The highest BCUT2D eigenvalue weighted by Gasteiger charge is 2.23. The molecule has 1 aliphatic heterocycles. The molecule has 39 heavy (non-hydrogen) atoms. The van der Waals surface area contributed by atoms with E-state index in [4.69, 9.17) is 9.47 Å². The number of benzene rings is 3. The van der Waals surface area contributed by atoms with Gasteiger partial charge in [-0.15, -0.1) is 0 Å². The van der Waals surface area contributed by atoms with E-state index in [1.54, 1.807) is 39.0 Å². The monoisotopic (exact) mass is 531 g/mol. The number of rotatable bonds is 8. The van der Waals surface area contributed by atoms with Gasteiger partial charge in [0.25, 0.3) is 5.91 Å². The number of hydrogen-bond acceptors (Lipinski definition) is 7. The second kappa shape index (κ2) is 12.3. The summed E-state index contributed by atoms with van der Waals surface area (Å²) in [5.74, 6) is -0.816. The zero-order chi connectivity index (χ0) is 28.0. The maximum atomic E-state index is 13.4. The van der Waals surface area contributed by atoms with Crippen LogP contribution in [-0.4, -0.2) is 78.8 Å². The van der Waals surface area contributed by atoms with Gasteiger partial charge in [-0.25, -0.2) is 4.79 Å². The topological polar surface area (TPSA) is 91.3 Å². The van der Waals surface area contributed by atoms with Crippen LogP contribution in [0.5, 0.6) is 11.5 Å². The Labute approximate surface area is 230 Å². The third kappa shape index (κ3) is 7.81. The molecule has 0 atom stereocenters. The number of aromatic hydroxyl groups is 1. The van der Waals surface area contributed by atoms with E-state index in [1.165, 1.54) is 12.1 Å². The summed E-state index contributed by atoms with van der Waals surface area (Å²) >= 11 is 0. The highest BCUT2D eigenvalue weighted by atomic mass is 16.6. The molecule has 2 N–H and O–H groups in total. The van der Waals surface area contributed by atoms with E-state index < -0.39 is 17.5 Å². The van der Waals surface area contributed by atoms with Gasteiger partial charge < -0.3 is 24.8 Å². The minimum Gasteiger partial charge on any atom is -0.507 e. The van der Waals surface area contributed by atoms with Gasteiger partial charge in [0.1, 0.15) is 23.7 Å². The molecule has 0 aliphatic carbocycles. The van der Waals surface area contributed by atoms with Crippen molar-refractivity contribution >= 4 is 17.6 Å². The molecule has 0 saturated carbocycles. The molecular formula is C31H37N3O5. The lowest BCUT2D eigenvalue weighted by atomic mass is 10.0. The van der Waals surface area contributed by atoms with E-state index in [9.17, 15) is 14.7 Å². The molecule has 1 amide bonds. The minimum absolute atomic E-state index is 0.0485. The smallest absolute Gasteiger partial charge is 0.340 e. The van der Waals surface area contributed by atoms with Crippen LogP contribution in [0.2, 0.25) is 0 Å². The van der Waals surface area contributed by atoms with Crippen LogP contribution in [0, 0.1) is 0 Å². The van der Waals surface area contributed by atoms with E-state index in [2.05, 4.69) is 22.2 Å². The largest absolute Gasteiger partial charge is 0.507 e. The van der Waals surface area contributed by atoms with Crippen molar-refractivity contribution in [2.45, 2.75) is 26.4 Å². The van der Waals surface area contributed by atoms with Gasteiger partial charge >= 0.3 is 5.97 Å². The van der Waals surface area contributed by atoms with Gasteiger partial charge in [0.15, 0.2) is 0 Å². The first-order valence-electron chi connectivity index (χ1n) is 13.2. The molecule has 8 nitrogen and oxygen atoms in total. The minimum atomic E-state index is -0.704. The maximum Gasteiger partial charge on any atom is 0.340 e. The number of carbonyl (C=O) groups is 2. The van der Waals surface area contributed by atoms with Crippen molar-refractivity contribution in [2.75, 3.05) is 51.7 Å². The predicted octanol–water partition coefficient (Wildman–Crippen LogP) is 4.89. The Morgan fingerprint density at radius 2 is 1.62 bits per heavy atom. The third-order valence-corrected chi connectivity index (χ3v) is 6.48. The van der Waals surface area contributed by atoms with Crippen molar-refractivity contribution in [1.29, 1.82) is 0 Å². The van der Waals surface area contributed by atoms with Crippen molar-refractivity contribution in [3.8, 4) is 22.6 Å². The molecular weight excluding hydrogens is 494 g/mol. The number of nitrogens with one attached hydrogen (secondary N) is 1. The molecule has 1 saturated heterocycles. The van der Waals surface area contributed by atoms with E-state index in [0.717, 1.165) is 43.9 Å². The zero-order valence-corrected chi connectivity index (χ0v) is 23.1. The summed E-state index contributed by atoms with van der Waals surface area (Å²) in [7, 11) is 2.12. The van der Waals surface area contributed by atoms with Gasteiger partial charge in [-0.1, -0.05) is 36.4 Å². The standard InChI is InChI=1S/C31H37N3O5/c1-31(2,3)39-30(37)25-12-10-23(22-8-6-5-7-9-22)20-27(25)32-29(36)26-21-24(11-13-28(26)35)38-19-18-34-16-14-33(4)15-17-34/h5-13,20-21,35H,14-19H2,1-4H3,(H,32,36). The van der Waals surface area contributed by atoms with Crippen molar-refractivity contribution in [1.82, 2.24) is 9.80 Å². The number of amides is 1. The summed E-state index contributed by atoms with van der Waals surface area (Å²) in [5.41, 5.74) is 1.61. The van der Waals surface area contributed by atoms with Crippen LogP contribution >= 0.6 is 0 Å². The molecule has 3 aromatic carbocycles. The lowest BCUT2D eigenvalue weighted by molar-refractivity contribution is 0.00707. The number of anilines is 1. The van der Waals surface area contributed by atoms with Crippen LogP contribution in [0.15, 0.2) is 66.7 Å². The van der Waals surface area contributed by atoms with Crippen LogP contribution < -0.4 is 10.1 Å². The molecule has 0 aromatic heterocycles. The first-order valence-corrected chi connectivity index (χ1v) is 13.2. The van der Waals surface area contributed by atoms with Crippen molar-refractivity contribution in [3.05, 3.63) is 77.9 Å². The van der Waals surface area contributed by atoms with Crippen LogP contribution in [0.25, 0.3) is 11.1 Å². The third-order valence-electron chi connectivity index (χ3n) is 6.48. The Balaban J connectivity index is 1.53. The predicted molar refractivity (Wildman–Crippen MR) is 153 cm³/mol. The Morgan fingerprint density at radius 3 is 2.31 bits per heavy atom. The SMILES string of the molecule is CN1CCN(CCOc2ccc(O)c(C(=O)Nc3cc(-c4ccccc4)ccc3C(=O)OC(C)(C)C)c2)CC1. The first-order chi connectivity index (χ1) is 18.6. The average Bonchev–Trinajstić information content (AvgIpc) is 2.90. The number of phenols is 1. The average molecular weight is 532 g/mol. The highest BCUT2D eigenvalue weighted by molar-refractivity contribution is 6.10. The number of piperazine rings is 1. The summed E-state index contributed by atoms with van der Waals surface area (Å²) in [5, 5.41) is 13.3. The fourth-order valence-corrected chi connectivity index (χ4v) is 4.31. The van der Waals surface area contributed by atoms with Gasteiger partial charge in [-0.05, 0) is 69.3 Å². The lowest BCUT2D eigenvalue weighted by Crippen LogP contribution is -2.45. The number of esters is 1. The molecule has 8 heteroatoms. The number of carbonyl (C=O) groups excluding carboxylic acids is 2. The molecule has 206 valence electrons. The Kier molecular flexibility index (Phi) is 8.89. The van der Waals surface area contributed by atoms with Crippen molar-refractivity contribution < 1.29 is 24.2 Å². The molecule has 4 rings (SSSR count). The molecule has 3 aromatic rings. The summed E-state index contributed by atoms with van der Waals surface area (Å²) in [6.45, 7) is 10.6. The normalized spacial score (nSPS) is 14.6. The van der Waals surface area contributed by atoms with Gasteiger partial charge in [0.2, 0.25) is 0 Å². The lowest BCUT2D eigenvalue weighted by Gasteiger charge is -2.32. The van der Waals surface area contributed by atoms with Crippen molar-refractivity contribution in [3.63, 3.8) is 0 Å². The number of hydrogen-bond donors (Lipinski definition) is 2. The Bertz CT molecular complexity index is 1300. The highest BCUT2D eigenvalue weighted by Crippen LogP contribution is 2.29. The summed E-state index contributed by atoms with van der Waals surface area (Å²) in [6.07, 6.45) is 0. The van der Waals surface area contributed by atoms with E-state index in [1.807, 2.05) is 36.4 Å². The quantitative estimate of drug-likeness (QED) is 0.400. The molecule has 0 radical (unpaired) electrons. The first kappa shape index (κ1) is 28.1. The van der Waals surface area contributed by atoms with Crippen LogP contribution in [-0.2, 0) is 4.74 Å². The Hall–Kier alpha value is -3.88. The number of phenolic OH excluding ortho intramolecular Hbond substituents is 1. The van der Waals surface area contributed by atoms with E-state index in [-0.39, 0.29) is 22.6 Å². The molecule has 1 heterocycles. The fraction of sp³-hybridized carbons (Fsp3) is 0.355. The number of nitrogens with zero attached hydrogens (tertiary/aromatic N) is 2. The van der Waals surface area contributed by atoms with Gasteiger partial charge in [-0.2, -0.15) is 0 Å². The zero-order valence-electron chi connectivity index (χ0n) is 23.1. The fourth-order valence-electron chi connectivity index (χ4n) is 4.31. The van der Waals surface area contributed by atoms with E-state index >= 15 is 0 Å². The summed E-state index contributed by atoms with van der Waals surface area (Å²) in [6, 6.07) is 19.4. The van der Waals surface area contributed by atoms with Crippen LogP contribution in [0.1, 0.15) is 41.5 Å². The Morgan fingerprint density at radius 1 is 0.897 bits per heavy atom. The van der Waals surface area contributed by atoms with Gasteiger partial charge in [0.05, 0.1) is 16.8 Å². The van der Waals surface area contributed by atoms with Crippen LogP contribution in [0.4, 0.5) is 5.69 Å². The summed E-state index contributed by atoms with van der Waals surface area (Å²) in [4.78, 5) is 31.0. The molecule has 0 spiro atoms. The summed E-state index contributed by atoms with van der Waals surface area (Å²) < 4.78 is 11.5. The second-order valence-electron chi connectivity index (χ2n) is 10.8. The molecule has 1 fully saturated rings. The molecule has 1 aliphatic rings. The number of ether oxygens (including phenoxy) is 2. The van der Waals surface area contributed by atoms with Gasteiger partial charge in [-0.3, -0.25) is 9.69 Å². The molecule has 0 bridgehead atoms. The number of likely N-dealkylation sites (N-methyl/N-ethyl adjacent to an activating group) is 1. The molecule has 0 unspecified atom stereocenters. The van der Waals surface area contributed by atoms with Crippen molar-refractivity contribution in [2.24, 2.45) is 0 Å².